The summed E-state index contributed by atoms with van der Waals surface area (Å²) in [6.07, 6.45) is 3.78. The fourth-order valence-corrected chi connectivity index (χ4v) is 3.71. The molecule has 2 heterocycles. The summed E-state index contributed by atoms with van der Waals surface area (Å²) in [7, 11) is 0. The number of likely N-dealkylation sites (tertiary alicyclic amines) is 1. The summed E-state index contributed by atoms with van der Waals surface area (Å²) in [6.45, 7) is 10.5. The summed E-state index contributed by atoms with van der Waals surface area (Å²) in [5.74, 6) is 0. The Labute approximate surface area is 108 Å². The molecule has 0 atom stereocenters. The second-order valence-corrected chi connectivity index (χ2v) is 6.93. The van der Waals surface area contributed by atoms with Crippen LogP contribution in [0.1, 0.15) is 33.1 Å². The van der Waals surface area contributed by atoms with Gasteiger partial charge < -0.3 is 9.64 Å². The van der Waals surface area contributed by atoms with Crippen LogP contribution < -0.4 is 0 Å². The maximum absolute atomic E-state index is 5.49. The molecule has 0 unspecified atom stereocenters. The summed E-state index contributed by atoms with van der Waals surface area (Å²) < 4.78 is 5.49. The van der Waals surface area contributed by atoms with E-state index in [-0.39, 0.29) is 0 Å². The van der Waals surface area contributed by atoms with Gasteiger partial charge in [0.2, 0.25) is 0 Å². The predicted octanol–water partition coefficient (Wildman–Crippen LogP) is 2.91. The smallest absolute Gasteiger partial charge is 0.0472 e. The Kier molecular flexibility index (Phi) is 3.97. The fourth-order valence-electron chi connectivity index (χ4n) is 2.97. The molecule has 0 radical (unpaired) electrons. The summed E-state index contributed by atoms with van der Waals surface area (Å²) >= 11 is 3.72. The maximum atomic E-state index is 5.49. The van der Waals surface area contributed by atoms with Gasteiger partial charge in [-0.3, -0.25) is 0 Å². The third-order valence-electron chi connectivity index (χ3n) is 4.15. The van der Waals surface area contributed by atoms with Crippen molar-refractivity contribution in [2.24, 2.45) is 10.8 Å². The van der Waals surface area contributed by atoms with E-state index < -0.39 is 0 Å². The van der Waals surface area contributed by atoms with E-state index in [0.29, 0.717) is 10.8 Å². The molecule has 0 aromatic heterocycles. The molecule has 16 heavy (non-hydrogen) atoms. The zero-order chi connectivity index (χ0) is 11.6. The van der Waals surface area contributed by atoms with E-state index in [4.69, 9.17) is 4.74 Å². The van der Waals surface area contributed by atoms with Gasteiger partial charge in [-0.2, -0.15) is 0 Å². The van der Waals surface area contributed by atoms with E-state index in [9.17, 15) is 0 Å². The van der Waals surface area contributed by atoms with Gasteiger partial charge in [0.15, 0.2) is 0 Å². The third kappa shape index (κ3) is 2.99. The normalized spacial score (nSPS) is 29.4. The highest BCUT2D eigenvalue weighted by Crippen LogP contribution is 2.37. The monoisotopic (exact) mass is 289 g/mol. The van der Waals surface area contributed by atoms with Crippen LogP contribution in [0.4, 0.5) is 0 Å². The van der Waals surface area contributed by atoms with Crippen molar-refractivity contribution in [2.75, 3.05) is 38.2 Å². The second-order valence-electron chi connectivity index (χ2n) is 6.37. The highest BCUT2D eigenvalue weighted by molar-refractivity contribution is 9.09. The maximum Gasteiger partial charge on any atom is 0.0472 e. The Morgan fingerprint density at radius 1 is 1.19 bits per heavy atom. The summed E-state index contributed by atoms with van der Waals surface area (Å²) in [5.41, 5.74) is 0.997. The highest BCUT2D eigenvalue weighted by Gasteiger charge is 2.37. The van der Waals surface area contributed by atoms with Crippen molar-refractivity contribution in [1.82, 2.24) is 4.90 Å². The summed E-state index contributed by atoms with van der Waals surface area (Å²) in [6, 6.07) is 0. The van der Waals surface area contributed by atoms with Crippen LogP contribution in [0.5, 0.6) is 0 Å². The van der Waals surface area contributed by atoms with Gasteiger partial charge in [-0.15, -0.1) is 0 Å². The van der Waals surface area contributed by atoms with Crippen LogP contribution in [0.3, 0.4) is 0 Å². The molecule has 0 amide bonds. The first-order valence-electron chi connectivity index (χ1n) is 6.41. The van der Waals surface area contributed by atoms with Gasteiger partial charge in [-0.05, 0) is 36.6 Å². The third-order valence-corrected chi connectivity index (χ3v) is 5.34. The van der Waals surface area contributed by atoms with Crippen LogP contribution in [-0.2, 0) is 4.74 Å². The van der Waals surface area contributed by atoms with Crippen molar-refractivity contribution in [2.45, 2.75) is 33.1 Å². The topological polar surface area (TPSA) is 12.5 Å². The predicted molar refractivity (Wildman–Crippen MR) is 71.1 cm³/mol. The largest absolute Gasteiger partial charge is 0.381 e. The molecule has 2 fully saturated rings. The van der Waals surface area contributed by atoms with E-state index in [1.807, 2.05) is 0 Å². The van der Waals surface area contributed by atoms with Crippen LogP contribution >= 0.6 is 15.9 Å². The molecular weight excluding hydrogens is 266 g/mol. The quantitative estimate of drug-likeness (QED) is 0.741. The molecular formula is C13H24BrNO. The Hall–Kier alpha value is 0.400. The average Bonchev–Trinajstić information content (AvgIpc) is 2.59. The SMILES string of the molecule is CC1(C)CCN(CC2(CBr)CCOCC2)C1. The van der Waals surface area contributed by atoms with Crippen molar-refractivity contribution in [1.29, 1.82) is 0 Å². The van der Waals surface area contributed by atoms with E-state index in [0.717, 1.165) is 18.5 Å². The molecule has 0 aromatic carbocycles. The Morgan fingerprint density at radius 2 is 1.88 bits per heavy atom. The fraction of sp³-hybridized carbons (Fsp3) is 1.00. The molecule has 94 valence electrons. The van der Waals surface area contributed by atoms with Gasteiger partial charge in [-0.25, -0.2) is 0 Å². The molecule has 0 spiro atoms. The molecule has 2 aliphatic heterocycles. The summed E-state index contributed by atoms with van der Waals surface area (Å²) in [4.78, 5) is 2.66. The van der Waals surface area contributed by atoms with Gasteiger partial charge in [0.25, 0.3) is 0 Å². The minimum Gasteiger partial charge on any atom is -0.381 e. The minimum absolute atomic E-state index is 0.471. The molecule has 0 aliphatic carbocycles. The Balaban J connectivity index is 1.91. The average molecular weight is 290 g/mol. The first-order valence-corrected chi connectivity index (χ1v) is 7.54. The number of hydrogen-bond donors (Lipinski definition) is 0. The van der Waals surface area contributed by atoms with Gasteiger partial charge >= 0.3 is 0 Å². The zero-order valence-electron chi connectivity index (χ0n) is 10.6. The molecule has 0 N–H and O–H groups in total. The number of hydrogen-bond acceptors (Lipinski definition) is 2. The number of halogens is 1. The molecule has 2 rings (SSSR count). The van der Waals surface area contributed by atoms with Crippen molar-refractivity contribution >= 4 is 15.9 Å². The molecule has 0 bridgehead atoms. The van der Waals surface area contributed by atoms with Crippen molar-refractivity contribution in [3.8, 4) is 0 Å². The van der Waals surface area contributed by atoms with Crippen molar-refractivity contribution < 1.29 is 4.74 Å². The first kappa shape index (κ1) is 12.8. The van der Waals surface area contributed by atoms with Crippen LogP contribution in [0.25, 0.3) is 0 Å². The zero-order valence-corrected chi connectivity index (χ0v) is 12.2. The molecule has 3 heteroatoms. The van der Waals surface area contributed by atoms with E-state index in [1.54, 1.807) is 0 Å². The van der Waals surface area contributed by atoms with Gasteiger partial charge in [0, 0.05) is 31.6 Å². The molecule has 2 saturated heterocycles. The molecule has 0 saturated carbocycles. The van der Waals surface area contributed by atoms with Crippen LogP contribution in [-0.4, -0.2) is 43.1 Å². The lowest BCUT2D eigenvalue weighted by Crippen LogP contribution is -2.42. The van der Waals surface area contributed by atoms with Crippen molar-refractivity contribution in [3.05, 3.63) is 0 Å². The standard InChI is InChI=1S/C13H24BrNO/c1-12(2)3-6-15(10-12)11-13(9-14)4-7-16-8-5-13/h3-11H2,1-2H3. The number of alkyl halides is 1. The van der Waals surface area contributed by atoms with E-state index >= 15 is 0 Å². The molecule has 0 aromatic rings. The number of rotatable bonds is 3. The minimum atomic E-state index is 0.471. The van der Waals surface area contributed by atoms with Crippen molar-refractivity contribution in [3.63, 3.8) is 0 Å². The second kappa shape index (κ2) is 4.95. The number of nitrogens with zero attached hydrogens (tertiary/aromatic N) is 1. The van der Waals surface area contributed by atoms with E-state index in [2.05, 4.69) is 34.7 Å². The first-order chi connectivity index (χ1) is 7.55. The molecule has 2 nitrogen and oxygen atoms in total. The van der Waals surface area contributed by atoms with E-state index in [1.165, 1.54) is 38.9 Å². The lowest BCUT2D eigenvalue weighted by molar-refractivity contribution is 0.0105. The van der Waals surface area contributed by atoms with Gasteiger partial charge in [0.1, 0.15) is 0 Å². The van der Waals surface area contributed by atoms with Gasteiger partial charge in [0.05, 0.1) is 0 Å². The number of ether oxygens (including phenoxy) is 1. The van der Waals surface area contributed by atoms with Crippen LogP contribution in [0.2, 0.25) is 0 Å². The van der Waals surface area contributed by atoms with Crippen LogP contribution in [0, 0.1) is 10.8 Å². The van der Waals surface area contributed by atoms with Gasteiger partial charge in [-0.1, -0.05) is 29.8 Å². The van der Waals surface area contributed by atoms with Crippen LogP contribution in [0.15, 0.2) is 0 Å². The molecule has 2 aliphatic rings. The summed E-state index contributed by atoms with van der Waals surface area (Å²) in [5, 5.41) is 1.13. The lowest BCUT2D eigenvalue weighted by atomic mass is 9.82. The Morgan fingerprint density at radius 3 is 2.38 bits per heavy atom. The Bertz CT molecular complexity index is 236. The lowest BCUT2D eigenvalue weighted by Gasteiger charge is -2.39. The highest BCUT2D eigenvalue weighted by atomic mass is 79.9.